The smallest absolute Gasteiger partial charge is 0.303 e. The maximum Gasteiger partial charge on any atom is 0.303 e. The summed E-state index contributed by atoms with van der Waals surface area (Å²) < 4.78 is 31.1. The maximum atomic E-state index is 10.8. The summed E-state index contributed by atoms with van der Waals surface area (Å²) in [4.78, 5) is 21.6. The lowest BCUT2D eigenvalue weighted by Gasteiger charge is -2.24. The summed E-state index contributed by atoms with van der Waals surface area (Å²) in [5.74, 6) is -0.459. The molecule has 2 aliphatic heterocycles. The summed E-state index contributed by atoms with van der Waals surface area (Å²) in [6, 6.07) is 0. The van der Waals surface area contributed by atoms with Crippen molar-refractivity contribution in [3.05, 3.63) is 0 Å². The fourth-order valence-electron chi connectivity index (χ4n) is 3.69. The number of unbranched alkanes of at least 4 members (excludes halogenated alkanes) is 5. The zero-order valence-corrected chi connectivity index (χ0v) is 25.7. The van der Waals surface area contributed by atoms with Crippen molar-refractivity contribution >= 4 is 11.9 Å². The van der Waals surface area contributed by atoms with Crippen LogP contribution in [-0.2, 0) is 38.0 Å². The van der Waals surface area contributed by atoms with E-state index in [1.807, 2.05) is 27.7 Å². The minimum Gasteiger partial charge on any atom is -0.460 e. The molecular weight excluding hydrogens is 488 g/mol. The van der Waals surface area contributed by atoms with E-state index in [9.17, 15) is 9.59 Å². The molecule has 0 aromatic carbocycles. The molecule has 0 bridgehead atoms. The molecule has 226 valence electrons. The third kappa shape index (κ3) is 27.8. The number of esters is 2. The molecule has 2 aliphatic rings. The van der Waals surface area contributed by atoms with Crippen molar-refractivity contribution in [1.29, 1.82) is 0 Å². The second-order valence-corrected chi connectivity index (χ2v) is 11.4. The first-order chi connectivity index (χ1) is 17.9. The van der Waals surface area contributed by atoms with E-state index in [-0.39, 0.29) is 23.1 Å². The number of carbonyl (C=O) groups excluding carboxylic acids is 2. The van der Waals surface area contributed by atoms with Gasteiger partial charge in [0, 0.05) is 27.1 Å². The largest absolute Gasteiger partial charge is 0.460 e. The molecule has 2 unspecified atom stereocenters. The Labute approximate surface area is 232 Å². The third-order valence-corrected chi connectivity index (χ3v) is 5.84. The van der Waals surface area contributed by atoms with Gasteiger partial charge in [0.1, 0.15) is 23.4 Å². The van der Waals surface area contributed by atoms with E-state index in [0.717, 1.165) is 38.9 Å². The number of epoxide rings is 2. The second-order valence-electron chi connectivity index (χ2n) is 11.4. The molecule has 2 saturated heterocycles. The Bertz CT molecular complexity index is 545. The van der Waals surface area contributed by atoms with E-state index < -0.39 is 0 Å². The van der Waals surface area contributed by atoms with Crippen LogP contribution >= 0.6 is 0 Å². The van der Waals surface area contributed by atoms with Gasteiger partial charge in [-0.15, -0.1) is 0 Å². The lowest BCUT2D eigenvalue weighted by molar-refractivity contribution is -0.155. The number of ether oxygens (including phenoxy) is 6. The molecule has 2 fully saturated rings. The highest BCUT2D eigenvalue weighted by molar-refractivity contribution is 5.66. The van der Waals surface area contributed by atoms with Crippen LogP contribution in [0, 0.1) is 0 Å². The Hall–Kier alpha value is -1.22. The van der Waals surface area contributed by atoms with E-state index in [0.29, 0.717) is 38.6 Å². The lowest BCUT2D eigenvalue weighted by Crippen LogP contribution is -2.27. The van der Waals surface area contributed by atoms with Gasteiger partial charge in [-0.3, -0.25) is 9.59 Å². The SMILES string of the molecule is CC(=O)OC(C)(C)CCCOCC1CO1.CC(=O)OC(C)(C)CCCOCC1CO1.CCCCCCCC. The number of hydrogen-bond acceptors (Lipinski definition) is 8. The van der Waals surface area contributed by atoms with Crippen LogP contribution in [0.3, 0.4) is 0 Å². The Balaban J connectivity index is 0.000000569. The molecule has 8 heteroatoms. The Morgan fingerprint density at radius 3 is 1.26 bits per heavy atom. The molecule has 0 spiro atoms. The van der Waals surface area contributed by atoms with Gasteiger partial charge in [0.2, 0.25) is 0 Å². The molecular formula is C30H58O8. The van der Waals surface area contributed by atoms with Gasteiger partial charge < -0.3 is 28.4 Å². The average molecular weight is 547 g/mol. The summed E-state index contributed by atoms with van der Waals surface area (Å²) >= 11 is 0. The Morgan fingerprint density at radius 1 is 0.658 bits per heavy atom. The first-order valence-corrected chi connectivity index (χ1v) is 14.7. The molecule has 2 atom stereocenters. The molecule has 2 rings (SSSR count). The normalized spacial score (nSPS) is 17.9. The van der Waals surface area contributed by atoms with Crippen molar-refractivity contribution in [2.75, 3.05) is 39.6 Å². The van der Waals surface area contributed by atoms with Crippen LogP contribution in [0.1, 0.15) is 120 Å². The quantitative estimate of drug-likeness (QED) is 0.104. The summed E-state index contributed by atoms with van der Waals surface area (Å²) in [6.07, 6.45) is 12.6. The van der Waals surface area contributed by atoms with Gasteiger partial charge in [0.15, 0.2) is 0 Å². The maximum absolute atomic E-state index is 10.8. The molecule has 0 aliphatic carbocycles. The third-order valence-electron chi connectivity index (χ3n) is 5.84. The zero-order valence-electron chi connectivity index (χ0n) is 25.7. The second kappa shape index (κ2) is 21.6. The summed E-state index contributed by atoms with van der Waals surface area (Å²) in [5.41, 5.74) is -0.767. The first kappa shape index (κ1) is 36.8. The fourth-order valence-corrected chi connectivity index (χ4v) is 3.69. The van der Waals surface area contributed by atoms with Crippen LogP contribution in [0.25, 0.3) is 0 Å². The van der Waals surface area contributed by atoms with Crippen LogP contribution in [0.2, 0.25) is 0 Å². The Morgan fingerprint density at radius 2 is 1.00 bits per heavy atom. The van der Waals surface area contributed by atoms with Crippen LogP contribution in [-0.4, -0.2) is 75.0 Å². The predicted molar refractivity (Wildman–Crippen MR) is 150 cm³/mol. The topological polar surface area (TPSA) is 96.1 Å². The minimum absolute atomic E-state index is 0.229. The molecule has 0 aromatic rings. The molecule has 0 aromatic heterocycles. The highest BCUT2D eigenvalue weighted by Crippen LogP contribution is 2.18. The van der Waals surface area contributed by atoms with E-state index in [1.54, 1.807) is 0 Å². The first-order valence-electron chi connectivity index (χ1n) is 14.7. The summed E-state index contributed by atoms with van der Waals surface area (Å²) in [7, 11) is 0. The molecule has 0 radical (unpaired) electrons. The van der Waals surface area contributed by atoms with Crippen molar-refractivity contribution in [2.24, 2.45) is 0 Å². The van der Waals surface area contributed by atoms with Gasteiger partial charge in [0.25, 0.3) is 0 Å². The van der Waals surface area contributed by atoms with E-state index in [4.69, 9.17) is 28.4 Å². The van der Waals surface area contributed by atoms with E-state index in [2.05, 4.69) is 13.8 Å². The lowest BCUT2D eigenvalue weighted by atomic mass is 10.0. The molecule has 0 saturated carbocycles. The highest BCUT2D eigenvalue weighted by Gasteiger charge is 2.24. The van der Waals surface area contributed by atoms with Crippen molar-refractivity contribution < 1.29 is 38.0 Å². The van der Waals surface area contributed by atoms with Crippen LogP contribution < -0.4 is 0 Å². The van der Waals surface area contributed by atoms with Gasteiger partial charge in [-0.05, 0) is 53.4 Å². The zero-order chi connectivity index (χ0) is 28.9. The van der Waals surface area contributed by atoms with E-state index >= 15 is 0 Å². The van der Waals surface area contributed by atoms with Crippen molar-refractivity contribution in [3.63, 3.8) is 0 Å². The molecule has 38 heavy (non-hydrogen) atoms. The summed E-state index contributed by atoms with van der Waals surface area (Å²) in [5, 5.41) is 0. The predicted octanol–water partition coefficient (Wildman–Crippen LogP) is 6.41. The van der Waals surface area contributed by atoms with Crippen LogP contribution in [0.4, 0.5) is 0 Å². The molecule has 8 nitrogen and oxygen atoms in total. The molecule has 0 N–H and O–H groups in total. The molecule has 0 amide bonds. The van der Waals surface area contributed by atoms with Crippen molar-refractivity contribution in [1.82, 2.24) is 0 Å². The van der Waals surface area contributed by atoms with Crippen molar-refractivity contribution in [2.45, 2.75) is 143 Å². The standard InChI is InChI=1S/2C11H20O4.C8H18/c2*1-9(12)15-11(2,3)5-4-6-13-7-10-8-14-10;1-3-5-7-8-6-4-2/h2*10H,4-8H2,1-3H3;3-8H2,1-2H3. The number of carbonyl (C=O) groups is 2. The summed E-state index contributed by atoms with van der Waals surface area (Å²) in [6.45, 7) is 19.5. The number of rotatable bonds is 19. The highest BCUT2D eigenvalue weighted by atomic mass is 16.6. The number of hydrogen-bond donors (Lipinski definition) is 0. The van der Waals surface area contributed by atoms with Crippen molar-refractivity contribution in [3.8, 4) is 0 Å². The Kier molecular flexibility index (Phi) is 20.9. The van der Waals surface area contributed by atoms with Gasteiger partial charge in [0.05, 0.1) is 26.4 Å². The van der Waals surface area contributed by atoms with Crippen LogP contribution in [0.5, 0.6) is 0 Å². The van der Waals surface area contributed by atoms with Gasteiger partial charge in [-0.1, -0.05) is 52.4 Å². The van der Waals surface area contributed by atoms with E-state index in [1.165, 1.54) is 52.4 Å². The van der Waals surface area contributed by atoms with Gasteiger partial charge in [-0.25, -0.2) is 0 Å². The van der Waals surface area contributed by atoms with Crippen LogP contribution in [0.15, 0.2) is 0 Å². The minimum atomic E-state index is -0.384. The van der Waals surface area contributed by atoms with Gasteiger partial charge >= 0.3 is 11.9 Å². The van der Waals surface area contributed by atoms with Gasteiger partial charge in [-0.2, -0.15) is 0 Å². The average Bonchev–Trinajstić information content (AvgIpc) is 3.71. The monoisotopic (exact) mass is 546 g/mol. The molecule has 2 heterocycles. The fraction of sp³-hybridized carbons (Fsp3) is 0.933.